The molecule has 1 aromatic carbocycles. The lowest BCUT2D eigenvalue weighted by molar-refractivity contribution is -0.145. The van der Waals surface area contributed by atoms with Crippen LogP contribution in [0, 0.1) is 34.5 Å². The number of benzene rings is 1. The van der Waals surface area contributed by atoms with Crippen LogP contribution in [0.2, 0.25) is 0 Å². The molecule has 1 heterocycles. The van der Waals surface area contributed by atoms with Gasteiger partial charge in [-0.3, -0.25) is 28.8 Å². The number of nitrogens with one attached hydrogen (secondary N) is 4. The Hall–Kier alpha value is -4.49. The Morgan fingerprint density at radius 2 is 1.53 bits per heavy atom. The van der Waals surface area contributed by atoms with E-state index in [1.54, 1.807) is 51.4 Å². The fourth-order valence-electron chi connectivity index (χ4n) is 6.85. The number of likely N-dealkylation sites (tertiary alicyclic amines) is 1. The maximum Gasteiger partial charge on any atom is 0.408 e. The first kappa shape index (κ1) is 42.9. The highest BCUT2D eigenvalue weighted by Crippen LogP contribution is 2.65. The molecule has 1 aromatic rings. The number of Topliss-reactive ketones (excluding diaryl/α,β-unsaturated/α-hetero) is 1. The lowest BCUT2D eigenvalue weighted by Gasteiger charge is -2.38. The van der Waals surface area contributed by atoms with Crippen LogP contribution in [0.4, 0.5) is 4.79 Å². The summed E-state index contributed by atoms with van der Waals surface area (Å²) in [4.78, 5) is 96.5. The minimum absolute atomic E-state index is 0.0240. The van der Waals surface area contributed by atoms with Gasteiger partial charge in [-0.2, -0.15) is 0 Å². The molecule has 1 aliphatic heterocycles. The Morgan fingerprint density at radius 3 is 2.06 bits per heavy atom. The summed E-state index contributed by atoms with van der Waals surface area (Å²) in [6.07, 6.45) is -0.987. The van der Waals surface area contributed by atoms with Crippen LogP contribution >= 0.6 is 0 Å². The maximum absolute atomic E-state index is 14.2. The van der Waals surface area contributed by atoms with Crippen molar-refractivity contribution in [1.82, 2.24) is 31.1 Å². The second-order valence-corrected chi connectivity index (χ2v) is 17.1. The first-order chi connectivity index (χ1) is 24.5. The van der Waals surface area contributed by atoms with Crippen LogP contribution in [0.5, 0.6) is 0 Å². The normalized spacial score (nSPS) is 21.0. The molecule has 1 saturated carbocycles. The van der Waals surface area contributed by atoms with Gasteiger partial charge < -0.3 is 35.8 Å². The van der Waals surface area contributed by atoms with E-state index >= 15 is 0 Å². The molecule has 6 amide bonds. The highest BCUT2D eigenvalue weighted by atomic mass is 16.6. The SMILES string of the molecule is CC(C)CC(NC(=O)[C@@H]1C2C(CN1C(=O)[C@@H](NC(=O)O[C@H](C)C(C)C)C(C)(C)C)C2(C)C)C(=O)C(=O)NCC(=O)N[C@H](C(=O)N(C)C)c1ccccc1. The summed E-state index contributed by atoms with van der Waals surface area (Å²) in [7, 11) is 3.12. The van der Waals surface area contributed by atoms with Crippen LogP contribution in [0.3, 0.4) is 0 Å². The van der Waals surface area contributed by atoms with E-state index in [2.05, 4.69) is 21.3 Å². The average Bonchev–Trinajstić information content (AvgIpc) is 3.37. The third kappa shape index (κ3) is 10.6. The molecule has 1 aliphatic carbocycles. The number of hydrogen-bond donors (Lipinski definition) is 4. The second kappa shape index (κ2) is 17.1. The minimum atomic E-state index is -1.24. The topological polar surface area (TPSA) is 183 Å². The zero-order valence-electron chi connectivity index (χ0n) is 33.4. The van der Waals surface area contributed by atoms with E-state index < -0.39 is 71.6 Å². The van der Waals surface area contributed by atoms with Gasteiger partial charge in [0, 0.05) is 20.6 Å². The summed E-state index contributed by atoms with van der Waals surface area (Å²) in [5.74, 6) is -4.31. The number of carbonyl (C=O) groups is 7. The van der Waals surface area contributed by atoms with Crippen molar-refractivity contribution >= 4 is 41.4 Å². The number of carbonyl (C=O) groups excluding carboxylic acids is 7. The number of ketones is 1. The van der Waals surface area contributed by atoms with Crippen molar-refractivity contribution in [2.75, 3.05) is 27.2 Å². The lowest BCUT2D eigenvalue weighted by atomic mass is 9.85. The molecule has 3 rings (SSSR count). The fraction of sp³-hybridized carbons (Fsp3) is 0.667. The zero-order chi connectivity index (χ0) is 40.2. The number of nitrogens with zero attached hydrogens (tertiary/aromatic N) is 2. The predicted octanol–water partition coefficient (Wildman–Crippen LogP) is 2.82. The van der Waals surface area contributed by atoms with Gasteiger partial charge in [0.25, 0.3) is 5.91 Å². The van der Waals surface area contributed by atoms with Crippen molar-refractivity contribution in [3.05, 3.63) is 35.9 Å². The van der Waals surface area contributed by atoms with E-state index in [-0.39, 0.29) is 47.5 Å². The maximum atomic E-state index is 14.2. The summed E-state index contributed by atoms with van der Waals surface area (Å²) in [6, 6.07) is 4.44. The number of alkyl carbamates (subject to hydrolysis) is 1. The van der Waals surface area contributed by atoms with Gasteiger partial charge in [0.1, 0.15) is 24.2 Å². The quantitative estimate of drug-likeness (QED) is 0.198. The summed E-state index contributed by atoms with van der Waals surface area (Å²) >= 11 is 0. The molecule has 0 spiro atoms. The highest BCUT2D eigenvalue weighted by Gasteiger charge is 2.70. The number of piperidine rings is 1. The van der Waals surface area contributed by atoms with E-state index in [0.717, 1.165) is 0 Å². The smallest absolute Gasteiger partial charge is 0.408 e. The van der Waals surface area contributed by atoms with Crippen LogP contribution < -0.4 is 21.3 Å². The molecule has 2 aliphatic rings. The van der Waals surface area contributed by atoms with Crippen LogP contribution in [-0.2, 0) is 33.5 Å². The molecule has 3 unspecified atom stereocenters. The van der Waals surface area contributed by atoms with Crippen molar-refractivity contribution in [2.45, 2.75) is 106 Å². The summed E-state index contributed by atoms with van der Waals surface area (Å²) in [5.41, 5.74) is -0.433. The summed E-state index contributed by atoms with van der Waals surface area (Å²) < 4.78 is 5.50. The molecule has 14 nitrogen and oxygen atoms in total. The Morgan fingerprint density at radius 1 is 0.925 bits per heavy atom. The molecular weight excluding hydrogens is 680 g/mol. The Bertz CT molecular complexity index is 1540. The average molecular weight is 741 g/mol. The van der Waals surface area contributed by atoms with Crippen molar-refractivity contribution < 1.29 is 38.3 Å². The number of amides is 6. The third-order valence-electron chi connectivity index (χ3n) is 10.5. The Labute approximate surface area is 313 Å². The largest absolute Gasteiger partial charge is 0.446 e. The van der Waals surface area contributed by atoms with Crippen molar-refractivity contribution in [1.29, 1.82) is 0 Å². The predicted molar refractivity (Wildman–Crippen MR) is 199 cm³/mol. The second-order valence-electron chi connectivity index (χ2n) is 17.1. The van der Waals surface area contributed by atoms with E-state index in [1.165, 1.54) is 9.80 Å². The Kier molecular flexibility index (Phi) is 13.9. The summed E-state index contributed by atoms with van der Waals surface area (Å²) in [6.45, 7) is 18.5. The van der Waals surface area contributed by atoms with Gasteiger partial charge >= 0.3 is 6.09 Å². The zero-order valence-corrected chi connectivity index (χ0v) is 33.4. The lowest BCUT2D eigenvalue weighted by Crippen LogP contribution is -2.60. The first-order valence-electron chi connectivity index (χ1n) is 18.4. The van der Waals surface area contributed by atoms with Gasteiger partial charge in [-0.1, -0.05) is 92.6 Å². The monoisotopic (exact) mass is 740 g/mol. The van der Waals surface area contributed by atoms with Gasteiger partial charge in [-0.15, -0.1) is 0 Å². The number of rotatable bonds is 15. The van der Waals surface area contributed by atoms with Gasteiger partial charge in [0.2, 0.25) is 29.4 Å². The van der Waals surface area contributed by atoms with Crippen LogP contribution in [0.1, 0.15) is 87.3 Å². The molecule has 2 fully saturated rings. The van der Waals surface area contributed by atoms with Crippen LogP contribution in [0.15, 0.2) is 30.3 Å². The molecule has 0 radical (unpaired) electrons. The number of likely N-dealkylation sites (N-methyl/N-ethyl adjacent to an activating group) is 1. The number of hydrogen-bond acceptors (Lipinski definition) is 8. The number of ether oxygens (including phenoxy) is 1. The molecule has 4 N–H and O–H groups in total. The highest BCUT2D eigenvalue weighted by molar-refractivity contribution is 6.38. The third-order valence-corrected chi connectivity index (χ3v) is 10.5. The molecule has 53 heavy (non-hydrogen) atoms. The van der Waals surface area contributed by atoms with Gasteiger partial charge in [0.05, 0.1) is 12.6 Å². The van der Waals surface area contributed by atoms with E-state index in [1.807, 2.05) is 62.3 Å². The van der Waals surface area contributed by atoms with E-state index in [4.69, 9.17) is 4.74 Å². The Balaban J connectivity index is 1.76. The van der Waals surface area contributed by atoms with Crippen LogP contribution in [0.25, 0.3) is 0 Å². The van der Waals surface area contributed by atoms with Crippen molar-refractivity contribution in [3.63, 3.8) is 0 Å². The minimum Gasteiger partial charge on any atom is -0.446 e. The first-order valence-corrected chi connectivity index (χ1v) is 18.4. The summed E-state index contributed by atoms with van der Waals surface area (Å²) in [5, 5.41) is 10.5. The standard InChI is InChI=1S/C39H60N6O8/c1-21(2)18-26(31(47)34(49)40-19-27(46)42-29(35(50)44(11)12)24-16-14-13-15-17-24)41-33(48)30-28-25(39(28,9)10)20-45(30)36(51)32(38(6,7)8)43-37(52)53-23(5)22(3)4/h13-17,21-23,25-26,28-30,32H,18-20H2,1-12H3,(H,40,49)(H,41,48)(H,42,46)(H,43,52)/t23-,25?,26?,28?,29+,30+,32-/m1/s1. The molecular formula is C39H60N6O8. The molecule has 0 aromatic heterocycles. The molecule has 1 saturated heterocycles. The van der Waals surface area contributed by atoms with E-state index in [9.17, 15) is 33.6 Å². The number of fused-ring (bicyclic) bond motifs is 1. The van der Waals surface area contributed by atoms with Gasteiger partial charge in [-0.25, -0.2) is 4.79 Å². The van der Waals surface area contributed by atoms with Gasteiger partial charge in [-0.05, 0) is 53.4 Å². The fourth-order valence-corrected chi connectivity index (χ4v) is 6.85. The molecule has 14 heteroatoms. The molecule has 7 atom stereocenters. The van der Waals surface area contributed by atoms with E-state index in [0.29, 0.717) is 12.1 Å². The van der Waals surface area contributed by atoms with Gasteiger partial charge in [0.15, 0.2) is 0 Å². The van der Waals surface area contributed by atoms with Crippen LogP contribution in [-0.4, -0.2) is 103 Å². The van der Waals surface area contributed by atoms with Crippen molar-refractivity contribution in [3.8, 4) is 0 Å². The molecule has 0 bridgehead atoms. The molecule has 294 valence electrons. The van der Waals surface area contributed by atoms with Crippen molar-refractivity contribution in [2.24, 2.45) is 34.5 Å².